The summed E-state index contributed by atoms with van der Waals surface area (Å²) in [5, 5.41) is 3.14. The molecule has 0 bridgehead atoms. The second kappa shape index (κ2) is 6.85. The molecule has 0 aliphatic rings. The zero-order chi connectivity index (χ0) is 13.5. The van der Waals surface area contributed by atoms with Crippen LogP contribution in [0.4, 0.5) is 5.69 Å². The van der Waals surface area contributed by atoms with E-state index < -0.39 is 12.0 Å². The average molecular weight is 269 g/mol. The first-order valence-electron chi connectivity index (χ1n) is 5.22. The Bertz CT molecular complexity index is 439. The molecule has 0 aliphatic carbocycles. The lowest BCUT2D eigenvalue weighted by Gasteiger charge is -2.14. The summed E-state index contributed by atoms with van der Waals surface area (Å²) in [5.41, 5.74) is 6.27. The third kappa shape index (κ3) is 4.25. The van der Waals surface area contributed by atoms with Crippen molar-refractivity contribution >= 4 is 29.3 Å². The maximum atomic E-state index is 11.5. The van der Waals surface area contributed by atoms with Gasteiger partial charge >= 0.3 is 5.97 Å². The molecule has 1 aromatic heterocycles. The van der Waals surface area contributed by atoms with Gasteiger partial charge in [-0.25, -0.2) is 9.78 Å². The number of aromatic nitrogens is 1. The molecule has 98 valence electrons. The van der Waals surface area contributed by atoms with Crippen molar-refractivity contribution in [3.05, 3.63) is 18.3 Å². The summed E-state index contributed by atoms with van der Waals surface area (Å²) in [5.74, 6) is -0.472. The van der Waals surface area contributed by atoms with Gasteiger partial charge in [-0.15, -0.1) is 11.8 Å². The average Bonchev–Trinajstić information content (AvgIpc) is 2.34. The van der Waals surface area contributed by atoms with Crippen molar-refractivity contribution in [3.8, 4) is 0 Å². The number of nitrogens with one attached hydrogen (secondary N) is 1. The third-order valence-electron chi connectivity index (χ3n) is 2.05. The fraction of sp³-hybridized carbons (Fsp3) is 0.364. The van der Waals surface area contributed by atoms with Crippen molar-refractivity contribution in [2.75, 3.05) is 18.6 Å². The second-order valence-electron chi connectivity index (χ2n) is 3.49. The van der Waals surface area contributed by atoms with Crippen molar-refractivity contribution in [1.82, 2.24) is 10.3 Å². The zero-order valence-corrected chi connectivity index (χ0v) is 11.0. The number of carbonyl (C=O) groups excluding carboxylic acids is 2. The lowest BCUT2D eigenvalue weighted by molar-refractivity contribution is -0.144. The number of hydrogen-bond donors (Lipinski definition) is 2. The number of nitrogen functional groups attached to an aromatic ring is 1. The monoisotopic (exact) mass is 269 g/mol. The van der Waals surface area contributed by atoms with Crippen LogP contribution in [-0.2, 0) is 14.3 Å². The number of esters is 1. The lowest BCUT2D eigenvalue weighted by Crippen LogP contribution is -2.42. The SMILES string of the molecule is COC(=O)C(CSc1ncccc1N)NC(C)=O. The molecule has 1 unspecified atom stereocenters. The smallest absolute Gasteiger partial charge is 0.329 e. The van der Waals surface area contributed by atoms with Gasteiger partial charge in [-0.3, -0.25) is 4.79 Å². The Morgan fingerprint density at radius 2 is 2.33 bits per heavy atom. The first kappa shape index (κ1) is 14.3. The summed E-state index contributed by atoms with van der Waals surface area (Å²) in [6.07, 6.45) is 1.62. The maximum absolute atomic E-state index is 11.5. The highest BCUT2D eigenvalue weighted by molar-refractivity contribution is 7.99. The van der Waals surface area contributed by atoms with Crippen molar-refractivity contribution in [2.45, 2.75) is 18.0 Å². The van der Waals surface area contributed by atoms with E-state index >= 15 is 0 Å². The van der Waals surface area contributed by atoms with E-state index in [9.17, 15) is 9.59 Å². The van der Waals surface area contributed by atoms with E-state index in [1.807, 2.05) is 0 Å². The Hall–Kier alpha value is -1.76. The Morgan fingerprint density at radius 1 is 1.61 bits per heavy atom. The molecule has 0 saturated heterocycles. The number of amides is 1. The molecular formula is C11H15N3O3S. The minimum absolute atomic E-state index is 0.292. The van der Waals surface area contributed by atoms with E-state index in [1.54, 1.807) is 18.3 Å². The zero-order valence-electron chi connectivity index (χ0n) is 10.2. The molecule has 7 heteroatoms. The van der Waals surface area contributed by atoms with Crippen LogP contribution in [0, 0.1) is 0 Å². The summed E-state index contributed by atoms with van der Waals surface area (Å²) in [4.78, 5) is 26.5. The number of hydrogen-bond acceptors (Lipinski definition) is 6. The van der Waals surface area contributed by atoms with E-state index in [0.717, 1.165) is 0 Å². The van der Waals surface area contributed by atoms with Gasteiger partial charge in [0.2, 0.25) is 5.91 Å². The quantitative estimate of drug-likeness (QED) is 0.595. The van der Waals surface area contributed by atoms with Crippen molar-refractivity contribution < 1.29 is 14.3 Å². The second-order valence-corrected chi connectivity index (χ2v) is 4.49. The van der Waals surface area contributed by atoms with Crippen molar-refractivity contribution in [1.29, 1.82) is 0 Å². The van der Waals surface area contributed by atoms with Gasteiger partial charge in [-0.1, -0.05) is 0 Å². The summed E-state index contributed by atoms with van der Waals surface area (Å²) in [6.45, 7) is 1.34. The molecule has 0 fully saturated rings. The molecular weight excluding hydrogens is 254 g/mol. The highest BCUT2D eigenvalue weighted by Crippen LogP contribution is 2.22. The highest BCUT2D eigenvalue weighted by Gasteiger charge is 2.20. The number of carbonyl (C=O) groups is 2. The van der Waals surface area contributed by atoms with E-state index in [4.69, 9.17) is 5.73 Å². The molecule has 1 rings (SSSR count). The predicted octanol–water partition coefficient (Wildman–Crippen LogP) is 0.434. The van der Waals surface area contributed by atoms with E-state index in [-0.39, 0.29) is 5.91 Å². The van der Waals surface area contributed by atoms with Gasteiger partial charge in [-0.05, 0) is 12.1 Å². The summed E-state index contributed by atoms with van der Waals surface area (Å²) in [6, 6.07) is 2.74. The Kier molecular flexibility index (Phi) is 5.44. The maximum Gasteiger partial charge on any atom is 0.329 e. The van der Waals surface area contributed by atoms with Gasteiger partial charge in [-0.2, -0.15) is 0 Å². The van der Waals surface area contributed by atoms with Crippen LogP contribution < -0.4 is 11.1 Å². The number of methoxy groups -OCH3 is 1. The third-order valence-corrected chi connectivity index (χ3v) is 3.17. The Balaban J connectivity index is 2.64. The first-order chi connectivity index (χ1) is 8.54. The van der Waals surface area contributed by atoms with Crippen LogP contribution in [0.3, 0.4) is 0 Å². The molecule has 1 amide bonds. The van der Waals surface area contributed by atoms with Crippen molar-refractivity contribution in [3.63, 3.8) is 0 Å². The van der Waals surface area contributed by atoms with Crippen LogP contribution in [0.5, 0.6) is 0 Å². The summed E-state index contributed by atoms with van der Waals surface area (Å²) in [7, 11) is 1.27. The normalized spacial score (nSPS) is 11.7. The topological polar surface area (TPSA) is 94.3 Å². The molecule has 0 aromatic carbocycles. The molecule has 0 saturated carbocycles. The molecule has 0 spiro atoms. The van der Waals surface area contributed by atoms with Crippen LogP contribution in [0.15, 0.2) is 23.4 Å². The fourth-order valence-electron chi connectivity index (χ4n) is 1.24. The molecule has 0 radical (unpaired) electrons. The summed E-state index contributed by atoms with van der Waals surface area (Å²) < 4.78 is 4.61. The highest BCUT2D eigenvalue weighted by atomic mass is 32.2. The van der Waals surface area contributed by atoms with Gasteiger partial charge in [0, 0.05) is 18.9 Å². The molecule has 1 atom stereocenters. The number of anilines is 1. The van der Waals surface area contributed by atoms with Gasteiger partial charge < -0.3 is 15.8 Å². The molecule has 1 aromatic rings. The number of nitrogens with two attached hydrogens (primary N) is 1. The number of thioether (sulfide) groups is 1. The lowest BCUT2D eigenvalue weighted by atomic mass is 10.3. The first-order valence-corrected chi connectivity index (χ1v) is 6.21. The van der Waals surface area contributed by atoms with Crippen molar-refractivity contribution in [2.24, 2.45) is 0 Å². The molecule has 18 heavy (non-hydrogen) atoms. The number of pyridine rings is 1. The molecule has 0 aliphatic heterocycles. The Labute approximate surface area is 109 Å². The van der Waals surface area contributed by atoms with E-state index in [2.05, 4.69) is 15.0 Å². The molecule has 3 N–H and O–H groups in total. The van der Waals surface area contributed by atoms with Gasteiger partial charge in [0.25, 0.3) is 0 Å². The van der Waals surface area contributed by atoms with Crippen LogP contribution in [-0.4, -0.2) is 35.8 Å². The largest absolute Gasteiger partial charge is 0.467 e. The summed E-state index contributed by atoms with van der Waals surface area (Å²) >= 11 is 1.29. The van der Waals surface area contributed by atoms with E-state index in [1.165, 1.54) is 25.8 Å². The van der Waals surface area contributed by atoms with Gasteiger partial charge in [0.05, 0.1) is 12.8 Å². The van der Waals surface area contributed by atoms with Crippen LogP contribution in [0.1, 0.15) is 6.92 Å². The Morgan fingerprint density at radius 3 is 2.89 bits per heavy atom. The minimum atomic E-state index is -0.709. The van der Waals surface area contributed by atoms with Crippen LogP contribution in [0.25, 0.3) is 0 Å². The van der Waals surface area contributed by atoms with Crippen LogP contribution in [0.2, 0.25) is 0 Å². The minimum Gasteiger partial charge on any atom is -0.467 e. The standard InChI is InChI=1S/C11H15N3O3S/c1-7(15)14-9(11(16)17-2)6-18-10-8(12)4-3-5-13-10/h3-5,9H,6,12H2,1-2H3,(H,14,15). The van der Waals surface area contributed by atoms with Crippen LogP contribution >= 0.6 is 11.8 Å². The molecule has 1 heterocycles. The predicted molar refractivity (Wildman–Crippen MR) is 69.0 cm³/mol. The number of nitrogens with zero attached hydrogens (tertiary/aromatic N) is 1. The van der Waals surface area contributed by atoms with Gasteiger partial charge in [0.1, 0.15) is 11.1 Å². The molecule has 6 nitrogen and oxygen atoms in total. The number of rotatable bonds is 5. The van der Waals surface area contributed by atoms with E-state index in [0.29, 0.717) is 16.5 Å². The fourth-order valence-corrected chi connectivity index (χ4v) is 2.16. The van der Waals surface area contributed by atoms with Gasteiger partial charge in [0.15, 0.2) is 0 Å². The number of ether oxygens (including phenoxy) is 1.